The summed E-state index contributed by atoms with van der Waals surface area (Å²) in [7, 11) is 1.59. The molecule has 192 valence electrons. The standard InChI is InChI=1S/C25H29F2N5O3S/c1-3-15-4-5-17-12-36-13-22(20(17)8-15)28-11-23(33)21(9-16-6-18(26)10-19(27)7-16)30-25-24(32(34)35)29-14-31(25)2/h4-8,10,14,21-23,28,30,33H,3,9,11-13H2,1-2H3. The number of aromatic nitrogens is 2. The van der Waals surface area contributed by atoms with Gasteiger partial charge in [-0.1, -0.05) is 25.1 Å². The number of hydrogen-bond acceptors (Lipinski definition) is 7. The van der Waals surface area contributed by atoms with Crippen molar-refractivity contribution in [1.82, 2.24) is 14.9 Å². The van der Waals surface area contributed by atoms with Crippen LogP contribution in [0.3, 0.4) is 0 Å². The maximum Gasteiger partial charge on any atom is 0.406 e. The van der Waals surface area contributed by atoms with Gasteiger partial charge in [-0.05, 0) is 57.1 Å². The Hall–Kier alpha value is -3.02. The van der Waals surface area contributed by atoms with Gasteiger partial charge in [-0.25, -0.2) is 8.78 Å². The molecule has 1 aliphatic heterocycles. The van der Waals surface area contributed by atoms with Gasteiger partial charge in [-0.2, -0.15) is 11.8 Å². The molecule has 3 N–H and O–H groups in total. The molecule has 0 aliphatic carbocycles. The van der Waals surface area contributed by atoms with E-state index in [-0.39, 0.29) is 24.8 Å². The van der Waals surface area contributed by atoms with Crippen molar-refractivity contribution in [3.63, 3.8) is 0 Å². The molecule has 2 heterocycles. The van der Waals surface area contributed by atoms with Gasteiger partial charge in [0.25, 0.3) is 0 Å². The second-order valence-corrected chi connectivity index (χ2v) is 9.98. The zero-order valence-corrected chi connectivity index (χ0v) is 20.9. The summed E-state index contributed by atoms with van der Waals surface area (Å²) in [5.41, 5.74) is 4.02. The second kappa shape index (κ2) is 11.4. The zero-order valence-electron chi connectivity index (χ0n) is 20.1. The number of anilines is 1. The monoisotopic (exact) mass is 517 g/mol. The van der Waals surface area contributed by atoms with Gasteiger partial charge in [0.2, 0.25) is 12.1 Å². The first-order valence-corrected chi connectivity index (χ1v) is 12.9. The first-order valence-electron chi connectivity index (χ1n) is 11.7. The molecule has 3 aromatic rings. The number of benzene rings is 2. The van der Waals surface area contributed by atoms with Crippen molar-refractivity contribution >= 4 is 23.4 Å². The summed E-state index contributed by atoms with van der Waals surface area (Å²) in [5, 5.41) is 29.1. The molecule has 3 unspecified atom stereocenters. The van der Waals surface area contributed by atoms with E-state index in [2.05, 4.69) is 40.7 Å². The summed E-state index contributed by atoms with van der Waals surface area (Å²) in [6.45, 7) is 2.27. The Labute approximate surface area is 212 Å². The fourth-order valence-corrected chi connectivity index (χ4v) is 5.56. The van der Waals surface area contributed by atoms with Crippen LogP contribution in [-0.4, -0.2) is 44.0 Å². The highest BCUT2D eigenvalue weighted by atomic mass is 32.2. The number of aryl methyl sites for hydroxylation is 2. The third kappa shape index (κ3) is 6.03. The Morgan fingerprint density at radius 1 is 1.25 bits per heavy atom. The van der Waals surface area contributed by atoms with Gasteiger partial charge in [-0.3, -0.25) is 4.57 Å². The summed E-state index contributed by atoms with van der Waals surface area (Å²) in [6.07, 6.45) is 1.23. The molecule has 0 spiro atoms. The van der Waals surface area contributed by atoms with Gasteiger partial charge < -0.3 is 25.9 Å². The fraction of sp³-hybridized carbons (Fsp3) is 0.400. The fourth-order valence-electron chi connectivity index (χ4n) is 4.43. The topological polar surface area (TPSA) is 105 Å². The van der Waals surface area contributed by atoms with Crippen LogP contribution in [0.2, 0.25) is 0 Å². The third-order valence-electron chi connectivity index (χ3n) is 6.36. The third-order valence-corrected chi connectivity index (χ3v) is 7.45. The second-order valence-electron chi connectivity index (χ2n) is 8.95. The number of aliphatic hydroxyl groups excluding tert-OH is 1. The highest BCUT2D eigenvalue weighted by Gasteiger charge is 2.29. The van der Waals surface area contributed by atoms with Gasteiger partial charge in [0.05, 0.1) is 12.1 Å². The highest BCUT2D eigenvalue weighted by Crippen LogP contribution is 2.32. The first-order chi connectivity index (χ1) is 17.2. The summed E-state index contributed by atoms with van der Waals surface area (Å²) in [5.74, 6) is 0.0214. The van der Waals surface area contributed by atoms with E-state index < -0.39 is 34.5 Å². The number of halogens is 2. The number of aliphatic hydroxyl groups is 1. The van der Waals surface area contributed by atoms with E-state index in [1.807, 2.05) is 0 Å². The molecule has 4 rings (SSSR count). The number of rotatable bonds is 10. The minimum absolute atomic E-state index is 0.0261. The Bertz CT molecular complexity index is 1220. The van der Waals surface area contributed by atoms with E-state index in [1.165, 1.54) is 39.7 Å². The van der Waals surface area contributed by atoms with Crippen molar-refractivity contribution in [3.8, 4) is 0 Å². The van der Waals surface area contributed by atoms with Crippen molar-refractivity contribution in [1.29, 1.82) is 0 Å². The molecule has 8 nitrogen and oxygen atoms in total. The molecule has 0 radical (unpaired) electrons. The lowest BCUT2D eigenvalue weighted by Crippen LogP contribution is -2.44. The number of imidazole rings is 1. The van der Waals surface area contributed by atoms with Crippen LogP contribution >= 0.6 is 11.8 Å². The average Bonchev–Trinajstić information content (AvgIpc) is 3.21. The Kier molecular flexibility index (Phi) is 8.22. The largest absolute Gasteiger partial charge is 0.406 e. The molecule has 0 saturated heterocycles. The summed E-state index contributed by atoms with van der Waals surface area (Å²) < 4.78 is 29.1. The molecule has 1 aromatic heterocycles. The highest BCUT2D eigenvalue weighted by molar-refractivity contribution is 7.98. The van der Waals surface area contributed by atoms with Crippen LogP contribution in [-0.2, 0) is 25.6 Å². The van der Waals surface area contributed by atoms with Crippen molar-refractivity contribution in [3.05, 3.63) is 86.7 Å². The van der Waals surface area contributed by atoms with E-state index in [1.54, 1.807) is 18.8 Å². The Balaban J connectivity index is 1.55. The Morgan fingerprint density at radius 2 is 2.00 bits per heavy atom. The van der Waals surface area contributed by atoms with Crippen molar-refractivity contribution in [2.75, 3.05) is 17.6 Å². The number of thioether (sulfide) groups is 1. The smallest absolute Gasteiger partial charge is 0.390 e. The molecule has 36 heavy (non-hydrogen) atoms. The van der Waals surface area contributed by atoms with E-state index in [4.69, 9.17) is 0 Å². The van der Waals surface area contributed by atoms with Crippen LogP contribution in [0.15, 0.2) is 42.7 Å². The lowest BCUT2D eigenvalue weighted by molar-refractivity contribution is -0.388. The number of nitrogens with zero attached hydrogens (tertiary/aromatic N) is 3. The maximum absolute atomic E-state index is 13.8. The summed E-state index contributed by atoms with van der Waals surface area (Å²) in [6, 6.07) is 8.88. The van der Waals surface area contributed by atoms with E-state index in [0.717, 1.165) is 24.0 Å². The molecular formula is C25H29F2N5O3S. The molecule has 0 fully saturated rings. The molecule has 2 aromatic carbocycles. The normalized spacial score (nSPS) is 16.9. The van der Waals surface area contributed by atoms with Crippen molar-refractivity contribution < 1.29 is 18.8 Å². The van der Waals surface area contributed by atoms with Gasteiger partial charge in [0.15, 0.2) is 0 Å². The van der Waals surface area contributed by atoms with Crippen LogP contribution in [0.5, 0.6) is 0 Å². The molecule has 11 heteroatoms. The summed E-state index contributed by atoms with van der Waals surface area (Å²) >= 11 is 1.81. The summed E-state index contributed by atoms with van der Waals surface area (Å²) in [4.78, 5) is 14.6. The molecule has 0 amide bonds. The van der Waals surface area contributed by atoms with Gasteiger partial charge >= 0.3 is 5.82 Å². The molecule has 3 atom stereocenters. The van der Waals surface area contributed by atoms with Crippen LogP contribution in [0.1, 0.15) is 35.2 Å². The first kappa shape index (κ1) is 26.1. The van der Waals surface area contributed by atoms with E-state index >= 15 is 0 Å². The SMILES string of the molecule is CCc1ccc2c(c1)C(NCC(O)C(Cc1cc(F)cc(F)c1)Nc1c([N+](=O)[O-])ncn1C)CSC2. The van der Waals surface area contributed by atoms with Crippen molar-refractivity contribution in [2.24, 2.45) is 7.05 Å². The molecule has 0 bridgehead atoms. The van der Waals surface area contributed by atoms with Gasteiger partial charge in [0, 0.05) is 37.2 Å². The number of nitrogens with one attached hydrogen (secondary N) is 2. The molecular weight excluding hydrogens is 488 g/mol. The van der Waals surface area contributed by atoms with Gasteiger partial charge in [0.1, 0.15) is 11.6 Å². The van der Waals surface area contributed by atoms with E-state index in [9.17, 15) is 24.0 Å². The number of hydrogen-bond donors (Lipinski definition) is 3. The van der Waals surface area contributed by atoms with Gasteiger partial charge in [-0.15, -0.1) is 0 Å². The van der Waals surface area contributed by atoms with E-state index in [0.29, 0.717) is 5.56 Å². The zero-order chi connectivity index (χ0) is 25.8. The van der Waals surface area contributed by atoms with Crippen LogP contribution < -0.4 is 10.6 Å². The average molecular weight is 518 g/mol. The van der Waals surface area contributed by atoms with Crippen LogP contribution in [0, 0.1) is 21.7 Å². The van der Waals surface area contributed by atoms with Crippen molar-refractivity contribution in [2.45, 2.75) is 43.7 Å². The number of fused-ring (bicyclic) bond motifs is 1. The number of nitro groups is 1. The molecule has 0 saturated carbocycles. The Morgan fingerprint density at radius 3 is 2.69 bits per heavy atom. The quantitative estimate of drug-likeness (QED) is 0.274. The lowest BCUT2D eigenvalue weighted by atomic mass is 9.97. The lowest BCUT2D eigenvalue weighted by Gasteiger charge is -2.30. The van der Waals surface area contributed by atoms with Crippen LogP contribution in [0.25, 0.3) is 0 Å². The predicted octanol–water partition coefficient (Wildman–Crippen LogP) is 4.13. The molecule has 1 aliphatic rings. The predicted molar refractivity (Wildman–Crippen MR) is 136 cm³/mol. The maximum atomic E-state index is 13.8. The minimum atomic E-state index is -1.03. The van der Waals surface area contributed by atoms with Crippen LogP contribution in [0.4, 0.5) is 20.4 Å². The minimum Gasteiger partial charge on any atom is -0.390 e.